The number of fused-ring (bicyclic) bond motifs is 5. The predicted octanol–water partition coefficient (Wildman–Crippen LogP) is 6.95. The number of anilines is 1. The van der Waals surface area contributed by atoms with Crippen LogP contribution in [-0.2, 0) is 20.8 Å². The molecule has 1 aromatic heterocycles. The lowest BCUT2D eigenvalue weighted by molar-refractivity contribution is -0.135. The molecular formula is C30H38Br2N4O4S. The molecule has 5 rings (SSSR count). The second-order valence-electron chi connectivity index (χ2n) is 12.1. The first-order chi connectivity index (χ1) is 19.5. The van der Waals surface area contributed by atoms with Crippen LogP contribution in [0.15, 0.2) is 26.4 Å². The number of hydrogen-bond donors (Lipinski definition) is 1. The molecule has 222 valence electrons. The van der Waals surface area contributed by atoms with Crippen LogP contribution in [-0.4, -0.2) is 55.2 Å². The van der Waals surface area contributed by atoms with Crippen molar-refractivity contribution in [3.63, 3.8) is 0 Å². The Balaban J connectivity index is 1.39. The topological polar surface area (TPSA) is 93.1 Å². The van der Waals surface area contributed by atoms with Crippen LogP contribution in [0.25, 0.3) is 0 Å². The van der Waals surface area contributed by atoms with E-state index in [4.69, 9.17) is 9.57 Å². The number of carbonyl (C=O) groups is 2. The fourth-order valence-electron chi connectivity index (χ4n) is 7.64. The van der Waals surface area contributed by atoms with Gasteiger partial charge >= 0.3 is 5.97 Å². The number of thiazole rings is 1. The van der Waals surface area contributed by atoms with Gasteiger partial charge in [0.25, 0.3) is 0 Å². The molecule has 5 atom stereocenters. The summed E-state index contributed by atoms with van der Waals surface area (Å²) in [6.07, 6.45) is 7.95. The lowest BCUT2D eigenvalue weighted by atomic mass is 9.54. The highest BCUT2D eigenvalue weighted by Gasteiger charge is 2.58. The SMILES string of the molecule is CON=C1CC(CCC(=O)Nc2ncc(C)s2)C2C3CCc4c(cc(Br)c(OC(=O)CN(C)C)c4Br)C3CC[C@]12C. The first kappa shape index (κ1) is 30.6. The third-order valence-corrected chi connectivity index (χ3v) is 11.5. The highest BCUT2D eigenvalue weighted by atomic mass is 79.9. The predicted molar refractivity (Wildman–Crippen MR) is 169 cm³/mol. The summed E-state index contributed by atoms with van der Waals surface area (Å²) in [5.41, 5.74) is 3.67. The molecule has 8 nitrogen and oxygen atoms in total. The molecule has 1 N–H and O–H groups in total. The number of oxime groups is 1. The van der Waals surface area contributed by atoms with Gasteiger partial charge in [-0.15, -0.1) is 11.3 Å². The summed E-state index contributed by atoms with van der Waals surface area (Å²) in [6.45, 7) is 4.56. The number of aryl methyl sites for hydroxylation is 1. The minimum absolute atomic E-state index is 0.0173. The summed E-state index contributed by atoms with van der Waals surface area (Å²) in [7, 11) is 5.33. The monoisotopic (exact) mass is 708 g/mol. The minimum atomic E-state index is -0.286. The van der Waals surface area contributed by atoms with Crippen LogP contribution >= 0.6 is 43.2 Å². The summed E-state index contributed by atoms with van der Waals surface area (Å²) in [6, 6.07) is 2.18. The zero-order chi connectivity index (χ0) is 29.5. The molecular weight excluding hydrogens is 672 g/mol. The van der Waals surface area contributed by atoms with Crippen LogP contribution in [0, 0.1) is 30.1 Å². The van der Waals surface area contributed by atoms with Gasteiger partial charge in [0.15, 0.2) is 10.9 Å². The van der Waals surface area contributed by atoms with Crippen molar-refractivity contribution in [3.8, 4) is 5.75 Å². The molecule has 11 heteroatoms. The maximum absolute atomic E-state index is 12.9. The van der Waals surface area contributed by atoms with Crippen molar-refractivity contribution in [2.75, 3.05) is 33.1 Å². The first-order valence-electron chi connectivity index (χ1n) is 14.2. The number of nitrogens with zero attached hydrogens (tertiary/aromatic N) is 3. The second kappa shape index (κ2) is 12.4. The number of esters is 1. The molecule has 0 saturated heterocycles. The van der Waals surface area contributed by atoms with E-state index in [1.807, 2.05) is 21.0 Å². The van der Waals surface area contributed by atoms with E-state index in [0.717, 1.165) is 58.1 Å². The molecule has 0 aliphatic heterocycles. The number of amides is 1. The van der Waals surface area contributed by atoms with Crippen LogP contribution in [0.2, 0.25) is 0 Å². The smallest absolute Gasteiger partial charge is 0.325 e. The zero-order valence-electron chi connectivity index (χ0n) is 24.3. The minimum Gasteiger partial charge on any atom is -0.423 e. The number of rotatable bonds is 8. The Kier molecular flexibility index (Phi) is 9.28. The van der Waals surface area contributed by atoms with Gasteiger partial charge in [-0.05, 0) is 132 Å². The van der Waals surface area contributed by atoms with Crippen LogP contribution in [0.4, 0.5) is 5.13 Å². The average Bonchev–Trinajstić information content (AvgIpc) is 3.44. The van der Waals surface area contributed by atoms with E-state index in [1.165, 1.54) is 22.5 Å². The summed E-state index contributed by atoms with van der Waals surface area (Å²) in [4.78, 5) is 37.8. The number of halogens is 2. The van der Waals surface area contributed by atoms with Crippen molar-refractivity contribution in [2.24, 2.45) is 28.3 Å². The summed E-state index contributed by atoms with van der Waals surface area (Å²) >= 11 is 9.01. The molecule has 3 aliphatic rings. The van der Waals surface area contributed by atoms with Gasteiger partial charge in [-0.1, -0.05) is 12.1 Å². The van der Waals surface area contributed by atoms with Gasteiger partial charge in [-0.3, -0.25) is 14.5 Å². The number of hydrogen-bond acceptors (Lipinski definition) is 8. The van der Waals surface area contributed by atoms with Gasteiger partial charge in [-0.25, -0.2) is 4.98 Å². The Morgan fingerprint density at radius 1 is 1.29 bits per heavy atom. The first-order valence-corrected chi connectivity index (χ1v) is 16.6. The van der Waals surface area contributed by atoms with Crippen molar-refractivity contribution in [1.82, 2.24) is 9.88 Å². The Morgan fingerprint density at radius 2 is 2.07 bits per heavy atom. The normalized spacial score (nSPS) is 27.8. The number of ether oxygens (including phenoxy) is 1. The van der Waals surface area contributed by atoms with E-state index in [2.05, 4.69) is 60.3 Å². The number of benzene rings is 1. The highest BCUT2D eigenvalue weighted by Crippen LogP contribution is 2.63. The van der Waals surface area contributed by atoms with Gasteiger partial charge in [-0.2, -0.15) is 0 Å². The van der Waals surface area contributed by atoms with Crippen LogP contribution in [0.1, 0.15) is 67.4 Å². The Morgan fingerprint density at radius 3 is 2.76 bits per heavy atom. The number of likely N-dealkylation sites (N-methyl/N-ethyl adjacent to an activating group) is 1. The molecule has 41 heavy (non-hydrogen) atoms. The maximum Gasteiger partial charge on any atom is 0.325 e. The third kappa shape index (κ3) is 6.15. The van der Waals surface area contributed by atoms with Crippen molar-refractivity contribution in [1.29, 1.82) is 0 Å². The standard InChI is InChI=1S/C30H38Br2N4O4S/c1-16-14-33-29(41-16)34-24(37)9-6-17-12-23(35-39-5)30(2)11-10-18-19(26(17)30)7-8-20-21(18)13-22(31)28(27(20)32)40-25(38)15-36(3)4/h13-14,17-19,26H,6-12,15H2,1-5H3,(H,33,34,37)/t17?,18?,19?,26?,30-/m1/s1. The number of carbonyl (C=O) groups excluding carboxylic acids is 2. The van der Waals surface area contributed by atoms with Gasteiger partial charge in [0.1, 0.15) is 7.11 Å². The zero-order valence-corrected chi connectivity index (χ0v) is 28.2. The van der Waals surface area contributed by atoms with Gasteiger partial charge in [0.05, 0.1) is 21.2 Å². The Hall–Kier alpha value is -1.82. The van der Waals surface area contributed by atoms with E-state index >= 15 is 0 Å². The van der Waals surface area contributed by atoms with Crippen LogP contribution in [0.5, 0.6) is 5.75 Å². The van der Waals surface area contributed by atoms with E-state index < -0.39 is 0 Å². The largest absolute Gasteiger partial charge is 0.423 e. The molecule has 2 fully saturated rings. The molecule has 2 aromatic rings. The number of nitrogens with one attached hydrogen (secondary N) is 1. The van der Waals surface area contributed by atoms with E-state index in [1.54, 1.807) is 18.2 Å². The molecule has 1 heterocycles. The lowest BCUT2D eigenvalue weighted by Gasteiger charge is -2.50. The Labute approximate surface area is 262 Å². The van der Waals surface area contributed by atoms with Gasteiger partial charge in [0, 0.05) is 22.9 Å². The van der Waals surface area contributed by atoms with E-state index in [0.29, 0.717) is 41.0 Å². The summed E-state index contributed by atoms with van der Waals surface area (Å²) in [5, 5.41) is 8.18. The third-order valence-electron chi connectivity index (χ3n) is 9.22. The second-order valence-corrected chi connectivity index (χ2v) is 15.0. The molecule has 1 amide bonds. The molecule has 0 radical (unpaired) electrons. The van der Waals surface area contributed by atoms with Crippen molar-refractivity contribution < 1.29 is 19.2 Å². The van der Waals surface area contributed by atoms with Crippen molar-refractivity contribution in [2.45, 2.75) is 64.7 Å². The van der Waals surface area contributed by atoms with E-state index in [9.17, 15) is 9.59 Å². The highest BCUT2D eigenvalue weighted by molar-refractivity contribution is 9.11. The molecule has 0 spiro atoms. The molecule has 4 unspecified atom stereocenters. The lowest BCUT2D eigenvalue weighted by Crippen LogP contribution is -2.44. The summed E-state index contributed by atoms with van der Waals surface area (Å²) < 4.78 is 7.45. The van der Waals surface area contributed by atoms with Crippen LogP contribution < -0.4 is 10.1 Å². The van der Waals surface area contributed by atoms with Crippen molar-refractivity contribution >= 4 is 65.9 Å². The molecule has 2 saturated carbocycles. The fourth-order valence-corrected chi connectivity index (χ4v) is 9.83. The molecule has 3 aliphatic carbocycles. The summed E-state index contributed by atoms with van der Waals surface area (Å²) in [5.74, 6) is 1.92. The fraction of sp³-hybridized carbons (Fsp3) is 0.600. The van der Waals surface area contributed by atoms with Crippen molar-refractivity contribution in [3.05, 3.63) is 37.2 Å². The van der Waals surface area contributed by atoms with Gasteiger partial charge in [0.2, 0.25) is 5.91 Å². The Bertz CT molecular complexity index is 1360. The molecule has 0 bridgehead atoms. The van der Waals surface area contributed by atoms with E-state index in [-0.39, 0.29) is 23.8 Å². The number of aromatic nitrogens is 1. The molecule has 1 aromatic carbocycles. The van der Waals surface area contributed by atoms with Gasteiger partial charge < -0.3 is 14.9 Å². The average molecular weight is 711 g/mol. The van der Waals surface area contributed by atoms with Crippen LogP contribution in [0.3, 0.4) is 0 Å². The quantitative estimate of drug-likeness (QED) is 0.181. The maximum atomic E-state index is 12.9.